The van der Waals surface area contributed by atoms with E-state index in [4.69, 9.17) is 16.9 Å². The number of nitriles is 1. The van der Waals surface area contributed by atoms with Crippen LogP contribution in [-0.4, -0.2) is 18.1 Å². The first-order valence-electron chi connectivity index (χ1n) is 5.82. The highest BCUT2D eigenvalue weighted by Gasteiger charge is 2.28. The molecule has 17 heavy (non-hydrogen) atoms. The topological polar surface area (TPSA) is 39.9 Å². The fourth-order valence-electron chi connectivity index (χ4n) is 2.33. The Kier molecular flexibility index (Phi) is 3.26. The summed E-state index contributed by atoms with van der Waals surface area (Å²) in [6.45, 7) is 6.47. The van der Waals surface area contributed by atoms with Crippen molar-refractivity contribution in [1.82, 2.24) is 4.98 Å². The number of rotatable bonds is 1. The fraction of sp³-hybridized carbons (Fsp3) is 0.538. The summed E-state index contributed by atoms with van der Waals surface area (Å²) in [5.74, 6) is 0.804. The second kappa shape index (κ2) is 4.54. The molecule has 1 aromatic heterocycles. The Balaban J connectivity index is 2.26. The van der Waals surface area contributed by atoms with Gasteiger partial charge in [0.2, 0.25) is 0 Å². The zero-order chi connectivity index (χ0) is 12.5. The predicted molar refractivity (Wildman–Crippen MR) is 69.2 cm³/mol. The maximum atomic E-state index is 8.78. The maximum absolute atomic E-state index is 8.78. The number of hydrogen-bond acceptors (Lipinski definition) is 3. The SMILES string of the molecule is CC1(C)CCCN(c2ncc(C#N)cc2Cl)C1. The summed E-state index contributed by atoms with van der Waals surface area (Å²) in [5, 5.41) is 9.36. The smallest absolute Gasteiger partial charge is 0.147 e. The minimum Gasteiger partial charge on any atom is -0.355 e. The van der Waals surface area contributed by atoms with E-state index in [2.05, 4.69) is 23.7 Å². The van der Waals surface area contributed by atoms with E-state index in [-0.39, 0.29) is 0 Å². The van der Waals surface area contributed by atoms with Crippen LogP contribution in [0.1, 0.15) is 32.3 Å². The molecule has 0 atom stereocenters. The van der Waals surface area contributed by atoms with Crippen molar-refractivity contribution >= 4 is 17.4 Å². The summed E-state index contributed by atoms with van der Waals surface area (Å²) in [4.78, 5) is 6.53. The van der Waals surface area contributed by atoms with Crippen LogP contribution >= 0.6 is 11.6 Å². The van der Waals surface area contributed by atoms with Crippen LogP contribution < -0.4 is 4.90 Å². The summed E-state index contributed by atoms with van der Waals surface area (Å²) in [7, 11) is 0. The molecule has 0 unspecified atom stereocenters. The van der Waals surface area contributed by atoms with Crippen LogP contribution in [0.3, 0.4) is 0 Å². The van der Waals surface area contributed by atoms with Crippen LogP contribution in [-0.2, 0) is 0 Å². The number of pyridine rings is 1. The van der Waals surface area contributed by atoms with Crippen molar-refractivity contribution in [3.8, 4) is 6.07 Å². The lowest BCUT2D eigenvalue weighted by atomic mass is 9.84. The van der Waals surface area contributed by atoms with Gasteiger partial charge in [-0.05, 0) is 24.3 Å². The van der Waals surface area contributed by atoms with Crippen LogP contribution in [0.25, 0.3) is 0 Å². The van der Waals surface area contributed by atoms with Crippen LogP contribution in [0.2, 0.25) is 5.02 Å². The molecule has 0 aromatic carbocycles. The lowest BCUT2D eigenvalue weighted by molar-refractivity contribution is 0.292. The Labute approximate surface area is 107 Å². The number of aromatic nitrogens is 1. The summed E-state index contributed by atoms with van der Waals surface area (Å²) in [6, 6.07) is 3.73. The molecule has 0 N–H and O–H groups in total. The van der Waals surface area contributed by atoms with E-state index in [1.807, 2.05) is 6.07 Å². The second-order valence-corrected chi connectivity index (χ2v) is 5.74. The van der Waals surface area contributed by atoms with Gasteiger partial charge in [-0.2, -0.15) is 5.26 Å². The number of halogens is 1. The lowest BCUT2D eigenvalue weighted by Gasteiger charge is -2.39. The van der Waals surface area contributed by atoms with Gasteiger partial charge < -0.3 is 4.90 Å². The number of nitrogens with zero attached hydrogens (tertiary/aromatic N) is 3. The van der Waals surface area contributed by atoms with Gasteiger partial charge in [-0.1, -0.05) is 25.4 Å². The highest BCUT2D eigenvalue weighted by Crippen LogP contribution is 2.33. The average Bonchev–Trinajstić information content (AvgIpc) is 2.27. The standard InChI is InChI=1S/C13H16ClN3/c1-13(2)4-3-5-17(9-13)12-11(14)6-10(7-15)8-16-12/h6,8H,3-5,9H2,1-2H3. The van der Waals surface area contributed by atoms with E-state index >= 15 is 0 Å². The molecule has 2 heterocycles. The van der Waals surface area contributed by atoms with Gasteiger partial charge in [0.1, 0.15) is 11.9 Å². The van der Waals surface area contributed by atoms with Gasteiger partial charge in [-0.3, -0.25) is 0 Å². The molecule has 1 aromatic rings. The van der Waals surface area contributed by atoms with Crippen molar-refractivity contribution in [2.24, 2.45) is 5.41 Å². The van der Waals surface area contributed by atoms with Crippen LogP contribution in [0.5, 0.6) is 0 Å². The summed E-state index contributed by atoms with van der Waals surface area (Å²) in [6.07, 6.45) is 3.98. The summed E-state index contributed by atoms with van der Waals surface area (Å²) in [5.41, 5.74) is 0.812. The Morgan fingerprint density at radius 3 is 2.88 bits per heavy atom. The fourth-order valence-corrected chi connectivity index (χ4v) is 2.61. The van der Waals surface area contributed by atoms with Gasteiger partial charge in [-0.15, -0.1) is 0 Å². The molecule has 0 amide bonds. The van der Waals surface area contributed by atoms with Gasteiger partial charge in [-0.25, -0.2) is 4.98 Å². The minimum atomic E-state index is 0.303. The largest absolute Gasteiger partial charge is 0.355 e. The van der Waals surface area contributed by atoms with E-state index in [1.165, 1.54) is 6.42 Å². The lowest BCUT2D eigenvalue weighted by Crippen LogP contribution is -2.40. The maximum Gasteiger partial charge on any atom is 0.147 e. The van der Waals surface area contributed by atoms with Gasteiger partial charge in [0.05, 0.1) is 10.6 Å². The minimum absolute atomic E-state index is 0.303. The Bertz CT molecular complexity index is 462. The van der Waals surface area contributed by atoms with Crippen molar-refractivity contribution in [2.45, 2.75) is 26.7 Å². The molecule has 0 spiro atoms. The molecule has 0 bridgehead atoms. The molecule has 2 rings (SSSR count). The summed E-state index contributed by atoms with van der Waals surface area (Å²) >= 11 is 6.18. The quantitative estimate of drug-likeness (QED) is 0.767. The third-order valence-corrected chi connectivity index (χ3v) is 3.43. The van der Waals surface area contributed by atoms with Crippen LogP contribution in [0.15, 0.2) is 12.3 Å². The van der Waals surface area contributed by atoms with Gasteiger partial charge >= 0.3 is 0 Å². The summed E-state index contributed by atoms with van der Waals surface area (Å²) < 4.78 is 0. The third kappa shape index (κ3) is 2.70. The van der Waals surface area contributed by atoms with Crippen molar-refractivity contribution in [1.29, 1.82) is 5.26 Å². The predicted octanol–water partition coefficient (Wildman–Crippen LogP) is 3.23. The second-order valence-electron chi connectivity index (χ2n) is 5.33. The van der Waals surface area contributed by atoms with Crippen molar-refractivity contribution in [3.63, 3.8) is 0 Å². The van der Waals surface area contributed by atoms with Crippen molar-refractivity contribution in [3.05, 3.63) is 22.8 Å². The molecule has 0 saturated carbocycles. The molecule has 3 nitrogen and oxygen atoms in total. The van der Waals surface area contributed by atoms with E-state index in [0.29, 0.717) is 16.0 Å². The molecular weight excluding hydrogens is 234 g/mol. The first kappa shape index (κ1) is 12.2. The molecule has 1 aliphatic rings. The van der Waals surface area contributed by atoms with Gasteiger partial charge in [0, 0.05) is 19.3 Å². The number of piperidine rings is 1. The number of anilines is 1. The van der Waals surface area contributed by atoms with Crippen molar-refractivity contribution < 1.29 is 0 Å². The molecule has 1 fully saturated rings. The van der Waals surface area contributed by atoms with Crippen LogP contribution in [0, 0.1) is 16.7 Å². The van der Waals surface area contributed by atoms with E-state index in [1.54, 1.807) is 12.3 Å². The first-order chi connectivity index (χ1) is 8.02. The van der Waals surface area contributed by atoms with E-state index < -0.39 is 0 Å². The number of hydrogen-bond donors (Lipinski definition) is 0. The van der Waals surface area contributed by atoms with E-state index in [9.17, 15) is 0 Å². The Hall–Kier alpha value is -1.27. The molecular formula is C13H16ClN3. The highest BCUT2D eigenvalue weighted by atomic mass is 35.5. The average molecular weight is 250 g/mol. The Morgan fingerprint density at radius 2 is 2.29 bits per heavy atom. The zero-order valence-corrected chi connectivity index (χ0v) is 11.0. The van der Waals surface area contributed by atoms with Gasteiger partial charge in [0.15, 0.2) is 0 Å². The molecule has 1 saturated heterocycles. The van der Waals surface area contributed by atoms with Gasteiger partial charge in [0.25, 0.3) is 0 Å². The van der Waals surface area contributed by atoms with Crippen molar-refractivity contribution in [2.75, 3.05) is 18.0 Å². The van der Waals surface area contributed by atoms with Crippen LogP contribution in [0.4, 0.5) is 5.82 Å². The van der Waals surface area contributed by atoms with E-state index in [0.717, 1.165) is 25.3 Å². The molecule has 90 valence electrons. The Morgan fingerprint density at radius 1 is 1.53 bits per heavy atom. The molecule has 0 radical (unpaired) electrons. The molecule has 1 aliphatic heterocycles. The zero-order valence-electron chi connectivity index (χ0n) is 10.2. The normalized spacial score (nSPS) is 18.8. The first-order valence-corrected chi connectivity index (χ1v) is 6.20. The molecule has 4 heteroatoms. The molecule has 0 aliphatic carbocycles. The third-order valence-electron chi connectivity index (χ3n) is 3.15. The highest BCUT2D eigenvalue weighted by molar-refractivity contribution is 6.33. The monoisotopic (exact) mass is 249 g/mol.